The number of hydrogen-bond donors (Lipinski definition) is 1. The van der Waals surface area contributed by atoms with Crippen molar-refractivity contribution in [3.05, 3.63) is 148 Å². The van der Waals surface area contributed by atoms with Gasteiger partial charge in [0.2, 0.25) is 5.91 Å². The molecule has 4 aromatic carbocycles. The molecule has 5 aromatic rings. The van der Waals surface area contributed by atoms with E-state index < -0.39 is 5.92 Å². The highest BCUT2D eigenvalue weighted by atomic mass is 16.6. The first-order valence-corrected chi connectivity index (χ1v) is 12.3. The number of para-hydroxylation sites is 2. The van der Waals surface area contributed by atoms with Gasteiger partial charge in [0.05, 0.1) is 4.92 Å². The quantitative estimate of drug-likeness (QED) is 0.191. The summed E-state index contributed by atoms with van der Waals surface area (Å²) in [6.45, 7) is 1.06. The Bertz CT molecular complexity index is 1530. The summed E-state index contributed by atoms with van der Waals surface area (Å²) in [6.07, 6.45) is 2.14. The molecule has 184 valence electrons. The minimum Gasteiger partial charge on any atom is -0.352 e. The van der Waals surface area contributed by atoms with Crippen LogP contribution in [0.1, 0.15) is 34.6 Å². The lowest BCUT2D eigenvalue weighted by atomic mass is 9.87. The van der Waals surface area contributed by atoms with Gasteiger partial charge < -0.3 is 9.88 Å². The van der Waals surface area contributed by atoms with Crippen molar-refractivity contribution in [3.8, 4) is 0 Å². The van der Waals surface area contributed by atoms with Gasteiger partial charge in [-0.25, -0.2) is 0 Å². The van der Waals surface area contributed by atoms with E-state index in [1.165, 1.54) is 6.07 Å². The number of hydrogen-bond acceptors (Lipinski definition) is 3. The van der Waals surface area contributed by atoms with Crippen LogP contribution >= 0.6 is 0 Å². The average molecular weight is 490 g/mol. The van der Waals surface area contributed by atoms with Crippen LogP contribution in [0, 0.1) is 10.1 Å². The maximum Gasteiger partial charge on any atom is 0.273 e. The third-order valence-corrected chi connectivity index (χ3v) is 6.62. The van der Waals surface area contributed by atoms with Crippen molar-refractivity contribution >= 4 is 22.5 Å². The molecule has 5 rings (SSSR count). The van der Waals surface area contributed by atoms with Gasteiger partial charge in [-0.05, 0) is 22.8 Å². The maximum atomic E-state index is 13.2. The Morgan fingerprint density at radius 2 is 1.41 bits per heavy atom. The van der Waals surface area contributed by atoms with Crippen molar-refractivity contribution in [3.63, 3.8) is 0 Å². The van der Waals surface area contributed by atoms with Gasteiger partial charge in [-0.1, -0.05) is 97.1 Å². The summed E-state index contributed by atoms with van der Waals surface area (Å²) in [5.74, 6) is -0.647. The van der Waals surface area contributed by atoms with Crippen LogP contribution in [0.4, 0.5) is 5.69 Å². The molecule has 0 fully saturated rings. The minimum atomic E-state index is -0.487. The minimum absolute atomic E-state index is 0.0169. The zero-order valence-corrected chi connectivity index (χ0v) is 20.3. The van der Waals surface area contributed by atoms with Crippen LogP contribution in [0.3, 0.4) is 0 Å². The van der Waals surface area contributed by atoms with Gasteiger partial charge >= 0.3 is 0 Å². The van der Waals surface area contributed by atoms with Crippen LogP contribution in [0.15, 0.2) is 115 Å². The van der Waals surface area contributed by atoms with E-state index in [1.54, 1.807) is 18.2 Å². The zero-order chi connectivity index (χ0) is 25.6. The predicted octanol–water partition coefficient (Wildman–Crippen LogP) is 6.44. The van der Waals surface area contributed by atoms with Crippen molar-refractivity contribution < 1.29 is 9.72 Å². The molecule has 1 heterocycles. The number of rotatable bonds is 9. The monoisotopic (exact) mass is 489 g/mol. The first kappa shape index (κ1) is 24.0. The molecule has 0 radical (unpaired) electrons. The molecule has 37 heavy (non-hydrogen) atoms. The topological polar surface area (TPSA) is 77.2 Å². The summed E-state index contributed by atoms with van der Waals surface area (Å²) in [5.41, 5.74) is 4.62. The second-order valence-corrected chi connectivity index (χ2v) is 9.05. The molecule has 1 amide bonds. The van der Waals surface area contributed by atoms with Gasteiger partial charge in [0.25, 0.3) is 5.69 Å². The van der Waals surface area contributed by atoms with E-state index in [2.05, 4.69) is 22.0 Å². The Morgan fingerprint density at radius 3 is 2.14 bits per heavy atom. The average Bonchev–Trinajstić information content (AvgIpc) is 3.29. The number of benzene rings is 4. The number of nitrogens with zero attached hydrogens (tertiary/aromatic N) is 2. The van der Waals surface area contributed by atoms with Crippen LogP contribution < -0.4 is 5.32 Å². The summed E-state index contributed by atoms with van der Waals surface area (Å²) < 4.78 is 2.16. The zero-order valence-electron chi connectivity index (χ0n) is 20.3. The molecule has 0 bridgehead atoms. The molecule has 6 heteroatoms. The Morgan fingerprint density at radius 1 is 0.784 bits per heavy atom. The van der Waals surface area contributed by atoms with Gasteiger partial charge in [-0.2, -0.15) is 0 Å². The number of fused-ring (bicyclic) bond motifs is 1. The lowest BCUT2D eigenvalue weighted by Gasteiger charge is -2.17. The number of carbonyl (C=O) groups excluding carboxylic acids is 1. The normalized spacial score (nSPS) is 11.8. The standard InChI is InChI=1S/C31H27N3O3/c35-31(32-20-23-11-3-1-4-12-23)19-27(25-15-8-10-18-30(25)34(36)37)28-22-33(21-24-13-5-2-6-14-24)29-17-9-7-16-26(28)29/h1-18,22,27H,19-21H2,(H,32,35)/t27-/m0/s1. The molecule has 0 aliphatic carbocycles. The molecule has 0 unspecified atom stereocenters. The number of nitro groups is 1. The molecule has 0 aliphatic heterocycles. The summed E-state index contributed by atoms with van der Waals surface area (Å²) in [4.78, 5) is 24.8. The lowest BCUT2D eigenvalue weighted by molar-refractivity contribution is -0.385. The van der Waals surface area contributed by atoms with Crippen molar-refractivity contribution in [1.82, 2.24) is 9.88 Å². The Labute approximate surface area is 215 Å². The molecule has 0 spiro atoms. The van der Waals surface area contributed by atoms with Crippen molar-refractivity contribution in [2.75, 3.05) is 0 Å². The highest BCUT2D eigenvalue weighted by molar-refractivity contribution is 5.87. The molecule has 0 aliphatic rings. The molecular weight excluding hydrogens is 462 g/mol. The molecule has 1 atom stereocenters. The highest BCUT2D eigenvalue weighted by Crippen LogP contribution is 2.38. The predicted molar refractivity (Wildman–Crippen MR) is 145 cm³/mol. The van der Waals surface area contributed by atoms with Crippen molar-refractivity contribution in [2.24, 2.45) is 0 Å². The van der Waals surface area contributed by atoms with E-state index in [-0.39, 0.29) is 22.9 Å². The fraction of sp³-hybridized carbons (Fsp3) is 0.129. The van der Waals surface area contributed by atoms with E-state index in [4.69, 9.17) is 0 Å². The van der Waals surface area contributed by atoms with Crippen LogP contribution in [0.2, 0.25) is 0 Å². The lowest BCUT2D eigenvalue weighted by Crippen LogP contribution is -2.25. The van der Waals surface area contributed by atoms with Crippen LogP contribution in [0.25, 0.3) is 10.9 Å². The van der Waals surface area contributed by atoms with Gasteiger partial charge in [-0.3, -0.25) is 14.9 Å². The third-order valence-electron chi connectivity index (χ3n) is 6.62. The first-order valence-electron chi connectivity index (χ1n) is 12.3. The molecule has 0 saturated heterocycles. The summed E-state index contributed by atoms with van der Waals surface area (Å²) in [5, 5.41) is 15.9. The molecule has 6 nitrogen and oxygen atoms in total. The highest BCUT2D eigenvalue weighted by Gasteiger charge is 2.28. The van der Waals surface area contributed by atoms with Crippen LogP contribution in [-0.2, 0) is 17.9 Å². The van der Waals surface area contributed by atoms with Crippen molar-refractivity contribution in [1.29, 1.82) is 0 Å². The molecule has 1 aromatic heterocycles. The summed E-state index contributed by atoms with van der Waals surface area (Å²) in [6, 6.07) is 34.6. The third kappa shape index (κ3) is 5.43. The van der Waals surface area contributed by atoms with Gasteiger partial charge in [0.1, 0.15) is 0 Å². The SMILES string of the molecule is O=C(C[C@@H](c1ccccc1[N+](=O)[O-])c1cn(Cc2ccccc2)c2ccccc12)NCc1ccccc1. The summed E-state index contributed by atoms with van der Waals surface area (Å²) in [7, 11) is 0. The van der Waals surface area contributed by atoms with Gasteiger partial charge in [0, 0.05) is 54.2 Å². The molecule has 1 N–H and O–H groups in total. The Balaban J connectivity index is 1.55. The number of carbonyl (C=O) groups is 1. The summed E-state index contributed by atoms with van der Waals surface area (Å²) >= 11 is 0. The Hall–Kier alpha value is -4.71. The van der Waals surface area contributed by atoms with Crippen LogP contribution in [-0.4, -0.2) is 15.4 Å². The van der Waals surface area contributed by atoms with Crippen LogP contribution in [0.5, 0.6) is 0 Å². The van der Waals surface area contributed by atoms with E-state index in [0.717, 1.165) is 27.6 Å². The van der Waals surface area contributed by atoms with E-state index >= 15 is 0 Å². The van der Waals surface area contributed by atoms with Gasteiger partial charge in [0.15, 0.2) is 0 Å². The number of amides is 1. The first-order chi connectivity index (χ1) is 18.1. The van der Waals surface area contributed by atoms with Gasteiger partial charge in [-0.15, -0.1) is 0 Å². The molecule has 0 saturated carbocycles. The van der Waals surface area contributed by atoms with Crippen molar-refractivity contribution in [2.45, 2.75) is 25.4 Å². The largest absolute Gasteiger partial charge is 0.352 e. The Kier molecular flexibility index (Phi) is 7.08. The second-order valence-electron chi connectivity index (χ2n) is 9.05. The smallest absolute Gasteiger partial charge is 0.273 e. The maximum absolute atomic E-state index is 13.2. The number of nitrogens with one attached hydrogen (secondary N) is 1. The fourth-order valence-corrected chi connectivity index (χ4v) is 4.85. The number of nitro benzene ring substituents is 1. The second kappa shape index (κ2) is 10.9. The van der Waals surface area contributed by atoms with E-state index in [9.17, 15) is 14.9 Å². The fourth-order valence-electron chi connectivity index (χ4n) is 4.85. The number of aromatic nitrogens is 1. The van der Waals surface area contributed by atoms with E-state index in [0.29, 0.717) is 18.7 Å². The molecular formula is C31H27N3O3. The van der Waals surface area contributed by atoms with E-state index in [1.807, 2.05) is 79.0 Å².